The largest absolute Gasteiger partial charge is 0.497 e. The number of amides is 1. The number of hydrogen-bond acceptors (Lipinski definition) is 7. The van der Waals surface area contributed by atoms with Gasteiger partial charge in [-0.15, -0.1) is 0 Å². The number of rotatable bonds is 8. The molecule has 3 aromatic rings. The van der Waals surface area contributed by atoms with Gasteiger partial charge in [-0.1, -0.05) is 30.3 Å². The fraction of sp³-hybridized carbons (Fsp3) is 0.320. The van der Waals surface area contributed by atoms with Crippen molar-refractivity contribution in [2.45, 2.75) is 19.6 Å². The molecule has 8 nitrogen and oxygen atoms in total. The summed E-state index contributed by atoms with van der Waals surface area (Å²) in [6.07, 6.45) is 1.49. The maximum absolute atomic E-state index is 12.7. The second kappa shape index (κ2) is 10.8. The van der Waals surface area contributed by atoms with Gasteiger partial charge in [0.1, 0.15) is 30.3 Å². The van der Waals surface area contributed by atoms with Crippen molar-refractivity contribution in [2.75, 3.05) is 38.3 Å². The summed E-state index contributed by atoms with van der Waals surface area (Å²) in [5.41, 5.74) is 1.06. The van der Waals surface area contributed by atoms with E-state index in [4.69, 9.17) is 14.2 Å². The highest BCUT2D eigenvalue weighted by molar-refractivity contribution is 5.78. The molecule has 1 aromatic heterocycles. The fourth-order valence-electron chi connectivity index (χ4n) is 3.77. The van der Waals surface area contributed by atoms with Crippen LogP contribution < -0.4 is 14.4 Å². The summed E-state index contributed by atoms with van der Waals surface area (Å²) in [7, 11) is 1.62. The van der Waals surface area contributed by atoms with Gasteiger partial charge in [0.2, 0.25) is 11.8 Å². The molecule has 1 aliphatic heterocycles. The Hall–Kier alpha value is -3.65. The standard InChI is InChI=1S/C25H28N4O4/c1-19-15-28(12-13-29(19)25(30)17-32-16-20-6-4-3-5-7-20)23-14-24(27-18-26-23)33-22-10-8-21(31-2)9-11-22/h3-11,14,18-19H,12-13,15-17H2,1-2H3/t19-/m0/s1. The van der Waals surface area contributed by atoms with Gasteiger partial charge in [-0.3, -0.25) is 4.79 Å². The molecule has 1 fully saturated rings. The number of benzene rings is 2. The molecule has 1 atom stereocenters. The van der Waals surface area contributed by atoms with Crippen LogP contribution in [0.2, 0.25) is 0 Å². The van der Waals surface area contributed by atoms with Crippen molar-refractivity contribution < 1.29 is 19.0 Å². The lowest BCUT2D eigenvalue weighted by molar-refractivity contribution is -0.139. The lowest BCUT2D eigenvalue weighted by Gasteiger charge is -2.40. The molecule has 0 N–H and O–H groups in total. The van der Waals surface area contributed by atoms with Crippen molar-refractivity contribution in [2.24, 2.45) is 0 Å². The molecule has 0 spiro atoms. The van der Waals surface area contributed by atoms with Crippen LogP contribution in [0, 0.1) is 0 Å². The minimum atomic E-state index is 0.00398. The number of ether oxygens (including phenoxy) is 3. The summed E-state index contributed by atoms with van der Waals surface area (Å²) in [5.74, 6) is 2.67. The van der Waals surface area contributed by atoms with E-state index < -0.39 is 0 Å². The molecule has 1 aliphatic rings. The van der Waals surface area contributed by atoms with Gasteiger partial charge in [0, 0.05) is 31.7 Å². The van der Waals surface area contributed by atoms with Gasteiger partial charge < -0.3 is 24.0 Å². The number of carbonyl (C=O) groups excluding carboxylic acids is 1. The molecule has 1 amide bonds. The second-order valence-corrected chi connectivity index (χ2v) is 7.85. The van der Waals surface area contributed by atoms with Gasteiger partial charge >= 0.3 is 0 Å². The van der Waals surface area contributed by atoms with Crippen molar-refractivity contribution in [3.63, 3.8) is 0 Å². The van der Waals surface area contributed by atoms with Crippen LogP contribution in [0.1, 0.15) is 12.5 Å². The van der Waals surface area contributed by atoms with Crippen LogP contribution in [-0.4, -0.2) is 60.2 Å². The molecule has 0 radical (unpaired) electrons. The second-order valence-electron chi connectivity index (χ2n) is 7.85. The average Bonchev–Trinajstić information content (AvgIpc) is 2.85. The summed E-state index contributed by atoms with van der Waals surface area (Å²) in [6, 6.07) is 19.0. The Morgan fingerprint density at radius 3 is 2.52 bits per heavy atom. The monoisotopic (exact) mass is 448 g/mol. The molecule has 0 aliphatic carbocycles. The van der Waals surface area contributed by atoms with Crippen molar-refractivity contribution in [3.05, 3.63) is 72.6 Å². The summed E-state index contributed by atoms with van der Waals surface area (Å²) in [6.45, 7) is 4.49. The third-order valence-corrected chi connectivity index (χ3v) is 5.52. The highest BCUT2D eigenvalue weighted by atomic mass is 16.5. The Labute approximate surface area is 193 Å². The fourth-order valence-corrected chi connectivity index (χ4v) is 3.77. The smallest absolute Gasteiger partial charge is 0.248 e. The van der Waals surface area contributed by atoms with E-state index in [1.165, 1.54) is 6.33 Å². The maximum atomic E-state index is 12.7. The molecule has 8 heteroatoms. The summed E-state index contributed by atoms with van der Waals surface area (Å²) in [4.78, 5) is 25.3. The van der Waals surface area contributed by atoms with Gasteiger partial charge in [-0.2, -0.15) is 0 Å². The number of methoxy groups -OCH3 is 1. The molecule has 1 saturated heterocycles. The zero-order valence-corrected chi connectivity index (χ0v) is 18.9. The number of piperazine rings is 1. The molecule has 0 unspecified atom stereocenters. The van der Waals surface area contributed by atoms with Crippen molar-refractivity contribution in [3.8, 4) is 17.4 Å². The zero-order chi connectivity index (χ0) is 23.0. The quantitative estimate of drug-likeness (QED) is 0.522. The van der Waals surface area contributed by atoms with Crippen LogP contribution >= 0.6 is 0 Å². The van der Waals surface area contributed by atoms with Crippen LogP contribution in [0.3, 0.4) is 0 Å². The number of carbonyl (C=O) groups is 1. The Morgan fingerprint density at radius 2 is 1.79 bits per heavy atom. The van der Waals surface area contributed by atoms with Crippen molar-refractivity contribution in [1.29, 1.82) is 0 Å². The molecular formula is C25H28N4O4. The predicted octanol–water partition coefficient (Wildman–Crippen LogP) is 3.53. The Balaban J connectivity index is 1.30. The minimum Gasteiger partial charge on any atom is -0.497 e. The Morgan fingerprint density at radius 1 is 1.03 bits per heavy atom. The highest BCUT2D eigenvalue weighted by Gasteiger charge is 2.28. The first-order chi connectivity index (χ1) is 16.1. The third kappa shape index (κ3) is 5.98. The summed E-state index contributed by atoms with van der Waals surface area (Å²) >= 11 is 0. The highest BCUT2D eigenvalue weighted by Crippen LogP contribution is 2.25. The van der Waals surface area contributed by atoms with Gasteiger partial charge in [0.05, 0.1) is 13.7 Å². The van der Waals surface area contributed by atoms with Crippen LogP contribution in [0.4, 0.5) is 5.82 Å². The van der Waals surface area contributed by atoms with E-state index in [0.29, 0.717) is 37.9 Å². The molecule has 2 heterocycles. The van der Waals surface area contributed by atoms with E-state index in [2.05, 4.69) is 14.9 Å². The van der Waals surface area contributed by atoms with Crippen molar-refractivity contribution in [1.82, 2.24) is 14.9 Å². The topological polar surface area (TPSA) is 77.0 Å². The normalized spacial score (nSPS) is 15.9. The van der Waals surface area contributed by atoms with Gasteiger partial charge in [0.15, 0.2) is 0 Å². The van der Waals surface area contributed by atoms with E-state index in [1.807, 2.05) is 72.5 Å². The van der Waals surface area contributed by atoms with Crippen molar-refractivity contribution >= 4 is 11.7 Å². The Bertz CT molecular complexity index is 1050. The molecule has 0 saturated carbocycles. The van der Waals surface area contributed by atoms with Gasteiger partial charge in [-0.25, -0.2) is 9.97 Å². The predicted molar refractivity (Wildman–Crippen MR) is 125 cm³/mol. The Kier molecular flexibility index (Phi) is 7.36. The SMILES string of the molecule is COc1ccc(Oc2cc(N3CCN(C(=O)COCc4ccccc4)[C@@H](C)C3)ncn2)cc1. The lowest BCUT2D eigenvalue weighted by Crippen LogP contribution is -2.55. The van der Waals surface area contributed by atoms with E-state index in [1.54, 1.807) is 7.11 Å². The number of aromatic nitrogens is 2. The minimum absolute atomic E-state index is 0.00398. The first-order valence-electron chi connectivity index (χ1n) is 10.9. The van der Waals surface area contributed by atoms with Crippen LogP contribution in [-0.2, 0) is 16.1 Å². The molecule has 4 rings (SSSR count). The zero-order valence-electron chi connectivity index (χ0n) is 18.9. The third-order valence-electron chi connectivity index (χ3n) is 5.52. The molecule has 172 valence electrons. The molecule has 33 heavy (non-hydrogen) atoms. The first kappa shape index (κ1) is 22.5. The van der Waals surface area contributed by atoms with E-state index in [0.717, 1.165) is 17.1 Å². The van der Waals surface area contributed by atoms with E-state index in [9.17, 15) is 4.79 Å². The lowest BCUT2D eigenvalue weighted by atomic mass is 10.2. The number of nitrogens with zero attached hydrogens (tertiary/aromatic N) is 4. The van der Waals surface area contributed by atoms with Gasteiger partial charge in [-0.05, 0) is 36.8 Å². The first-order valence-corrected chi connectivity index (χ1v) is 10.9. The van der Waals surface area contributed by atoms with E-state index in [-0.39, 0.29) is 18.6 Å². The number of hydrogen-bond donors (Lipinski definition) is 0. The van der Waals surface area contributed by atoms with Crippen LogP contribution in [0.15, 0.2) is 67.0 Å². The van der Waals surface area contributed by atoms with E-state index >= 15 is 0 Å². The average molecular weight is 449 g/mol. The van der Waals surface area contributed by atoms with Gasteiger partial charge in [0.25, 0.3) is 0 Å². The molecular weight excluding hydrogens is 420 g/mol. The van der Waals surface area contributed by atoms with Crippen LogP contribution in [0.25, 0.3) is 0 Å². The molecule has 0 bridgehead atoms. The molecule has 2 aromatic carbocycles. The summed E-state index contributed by atoms with van der Waals surface area (Å²) < 4.78 is 16.7. The number of anilines is 1. The maximum Gasteiger partial charge on any atom is 0.248 e. The summed E-state index contributed by atoms with van der Waals surface area (Å²) in [5, 5.41) is 0. The van der Waals surface area contributed by atoms with Crippen LogP contribution in [0.5, 0.6) is 17.4 Å².